The monoisotopic (exact) mass is 232 g/mol. The van der Waals surface area contributed by atoms with Gasteiger partial charge in [0, 0.05) is 25.2 Å². The Bertz CT molecular complexity index is 399. The highest BCUT2D eigenvalue weighted by Crippen LogP contribution is 2.10. The highest BCUT2D eigenvalue weighted by Gasteiger charge is 2.11. The first-order valence-corrected chi connectivity index (χ1v) is 6.05. The Morgan fingerprint density at radius 2 is 2.29 bits per heavy atom. The van der Waals surface area contributed by atoms with Crippen molar-refractivity contribution in [1.82, 2.24) is 9.88 Å². The Hall–Kier alpha value is -1.69. The molecule has 1 N–H and O–H groups in total. The van der Waals surface area contributed by atoms with E-state index in [0.29, 0.717) is 12.6 Å². The number of rotatable bonds is 6. The van der Waals surface area contributed by atoms with Gasteiger partial charge < -0.3 is 9.88 Å². The van der Waals surface area contributed by atoms with Crippen molar-refractivity contribution in [3.05, 3.63) is 24.0 Å². The zero-order valence-electron chi connectivity index (χ0n) is 10.6. The molecule has 1 amide bonds. The zero-order valence-corrected chi connectivity index (χ0v) is 10.6. The second-order valence-electron chi connectivity index (χ2n) is 4.31. The topological polar surface area (TPSA) is 34.0 Å². The summed E-state index contributed by atoms with van der Waals surface area (Å²) in [5, 5.41) is 2.91. The number of carbonyl (C=O) groups excluding carboxylic acids is 1. The molecule has 0 unspecified atom stereocenters. The summed E-state index contributed by atoms with van der Waals surface area (Å²) in [4.78, 5) is 11.9. The number of nitrogens with one attached hydrogen (secondary N) is 1. The van der Waals surface area contributed by atoms with Crippen LogP contribution in [0.25, 0.3) is 0 Å². The molecule has 1 aromatic heterocycles. The average molecular weight is 232 g/mol. The van der Waals surface area contributed by atoms with E-state index >= 15 is 0 Å². The summed E-state index contributed by atoms with van der Waals surface area (Å²) < 4.78 is 1.97. The van der Waals surface area contributed by atoms with E-state index in [4.69, 9.17) is 6.42 Å². The highest BCUT2D eigenvalue weighted by atomic mass is 16.1. The molecule has 0 radical (unpaired) electrons. The summed E-state index contributed by atoms with van der Waals surface area (Å²) >= 11 is 0. The molecule has 0 spiro atoms. The Kier molecular flexibility index (Phi) is 5.35. The number of terminal acetylenes is 1. The third-order valence-corrected chi connectivity index (χ3v) is 2.60. The summed E-state index contributed by atoms with van der Waals surface area (Å²) in [6.45, 7) is 4.80. The lowest BCUT2D eigenvalue weighted by Gasteiger charge is -2.12. The fourth-order valence-electron chi connectivity index (χ4n) is 1.68. The highest BCUT2D eigenvalue weighted by molar-refractivity contribution is 5.92. The molecule has 0 aliphatic rings. The van der Waals surface area contributed by atoms with Gasteiger partial charge in [-0.1, -0.05) is 0 Å². The molecule has 92 valence electrons. The van der Waals surface area contributed by atoms with Crippen LogP contribution in [0.15, 0.2) is 18.3 Å². The Morgan fingerprint density at radius 1 is 1.53 bits per heavy atom. The summed E-state index contributed by atoms with van der Waals surface area (Å²) in [6, 6.07) is 4.04. The third-order valence-electron chi connectivity index (χ3n) is 2.60. The van der Waals surface area contributed by atoms with Gasteiger partial charge in [-0.2, -0.15) is 0 Å². The maximum atomic E-state index is 11.9. The molecule has 0 aliphatic heterocycles. The van der Waals surface area contributed by atoms with Crippen LogP contribution >= 0.6 is 0 Å². The normalized spacial score (nSPS) is 10.2. The Morgan fingerprint density at radius 3 is 2.94 bits per heavy atom. The van der Waals surface area contributed by atoms with Crippen LogP contribution < -0.4 is 5.32 Å². The number of nitrogens with zero attached hydrogens (tertiary/aromatic N) is 1. The number of aromatic nitrogens is 1. The molecule has 0 atom stereocenters. The Labute approximate surface area is 103 Å². The molecular formula is C14H20N2O. The summed E-state index contributed by atoms with van der Waals surface area (Å²) in [5.74, 6) is 2.58. The minimum Gasteiger partial charge on any atom is -0.351 e. The lowest BCUT2D eigenvalue weighted by molar-refractivity contribution is 0.0942. The van der Waals surface area contributed by atoms with E-state index in [-0.39, 0.29) is 5.91 Å². The minimum absolute atomic E-state index is 0.00981. The van der Waals surface area contributed by atoms with Crippen molar-refractivity contribution in [2.75, 3.05) is 6.54 Å². The molecule has 0 saturated heterocycles. The average Bonchev–Trinajstić information content (AvgIpc) is 2.77. The summed E-state index contributed by atoms with van der Waals surface area (Å²) in [7, 11) is 0. The molecule has 1 aromatic rings. The van der Waals surface area contributed by atoms with E-state index < -0.39 is 0 Å². The maximum absolute atomic E-state index is 11.9. The van der Waals surface area contributed by atoms with Gasteiger partial charge in [0.2, 0.25) is 0 Å². The summed E-state index contributed by atoms with van der Waals surface area (Å²) in [5.41, 5.74) is 0.719. The predicted octanol–water partition coefficient (Wildman–Crippen LogP) is 2.60. The lowest BCUT2D eigenvalue weighted by atomic mass is 10.2. The second-order valence-corrected chi connectivity index (χ2v) is 4.31. The quantitative estimate of drug-likeness (QED) is 0.593. The van der Waals surface area contributed by atoms with Gasteiger partial charge in [-0.05, 0) is 38.8 Å². The van der Waals surface area contributed by atoms with Crippen molar-refractivity contribution < 1.29 is 4.79 Å². The van der Waals surface area contributed by atoms with Gasteiger partial charge >= 0.3 is 0 Å². The van der Waals surface area contributed by atoms with E-state index in [2.05, 4.69) is 25.1 Å². The number of unbranched alkanes of at least 4 members (excludes halogenated alkanes) is 2. The molecule has 3 heteroatoms. The molecule has 3 nitrogen and oxygen atoms in total. The van der Waals surface area contributed by atoms with Crippen LogP contribution in [0.1, 0.15) is 49.6 Å². The van der Waals surface area contributed by atoms with E-state index in [1.54, 1.807) is 0 Å². The largest absolute Gasteiger partial charge is 0.351 e. The number of hydrogen-bond donors (Lipinski definition) is 1. The zero-order chi connectivity index (χ0) is 12.7. The fraction of sp³-hybridized carbons (Fsp3) is 0.500. The van der Waals surface area contributed by atoms with Gasteiger partial charge in [0.15, 0.2) is 0 Å². The van der Waals surface area contributed by atoms with Crippen LogP contribution in [0, 0.1) is 12.3 Å². The summed E-state index contributed by atoms with van der Waals surface area (Å²) in [6.07, 6.45) is 9.75. The third kappa shape index (κ3) is 3.99. The molecule has 0 fully saturated rings. The fourth-order valence-corrected chi connectivity index (χ4v) is 1.68. The van der Waals surface area contributed by atoms with Gasteiger partial charge in [0.05, 0.1) is 0 Å². The van der Waals surface area contributed by atoms with Gasteiger partial charge in [0.25, 0.3) is 5.91 Å². The van der Waals surface area contributed by atoms with E-state index in [0.717, 1.165) is 25.0 Å². The maximum Gasteiger partial charge on any atom is 0.267 e. The molecule has 1 heterocycles. The van der Waals surface area contributed by atoms with Crippen LogP contribution in [-0.2, 0) is 0 Å². The van der Waals surface area contributed by atoms with Crippen LogP contribution in [0.5, 0.6) is 0 Å². The van der Waals surface area contributed by atoms with Crippen molar-refractivity contribution in [3.63, 3.8) is 0 Å². The SMILES string of the molecule is C#CCCCCNC(=O)c1cccn1C(C)C. The molecule has 1 rings (SSSR count). The van der Waals surface area contributed by atoms with E-state index in [9.17, 15) is 4.79 Å². The molecule has 17 heavy (non-hydrogen) atoms. The van der Waals surface area contributed by atoms with E-state index in [1.165, 1.54) is 0 Å². The van der Waals surface area contributed by atoms with Crippen molar-refractivity contribution in [3.8, 4) is 12.3 Å². The standard InChI is InChI=1S/C14H20N2O/c1-4-5-6-7-10-15-14(17)13-9-8-11-16(13)12(2)3/h1,8-9,11-12H,5-7,10H2,2-3H3,(H,15,17). The lowest BCUT2D eigenvalue weighted by Crippen LogP contribution is -2.27. The van der Waals surface area contributed by atoms with Gasteiger partial charge in [-0.3, -0.25) is 4.79 Å². The molecular weight excluding hydrogens is 212 g/mol. The first-order valence-electron chi connectivity index (χ1n) is 6.05. The molecule has 0 saturated carbocycles. The molecule has 0 aromatic carbocycles. The van der Waals surface area contributed by atoms with Crippen molar-refractivity contribution in [1.29, 1.82) is 0 Å². The molecule has 0 bridgehead atoms. The number of amides is 1. The smallest absolute Gasteiger partial charge is 0.267 e. The number of hydrogen-bond acceptors (Lipinski definition) is 1. The van der Waals surface area contributed by atoms with Crippen molar-refractivity contribution in [2.24, 2.45) is 0 Å². The van der Waals surface area contributed by atoms with Crippen LogP contribution in [-0.4, -0.2) is 17.0 Å². The number of carbonyl (C=O) groups is 1. The Balaban J connectivity index is 2.42. The van der Waals surface area contributed by atoms with Gasteiger partial charge in [0.1, 0.15) is 5.69 Å². The van der Waals surface area contributed by atoms with Crippen LogP contribution in [0.2, 0.25) is 0 Å². The van der Waals surface area contributed by atoms with Crippen LogP contribution in [0.4, 0.5) is 0 Å². The first-order chi connectivity index (χ1) is 8.16. The van der Waals surface area contributed by atoms with Crippen molar-refractivity contribution in [2.45, 2.75) is 39.2 Å². The van der Waals surface area contributed by atoms with E-state index in [1.807, 2.05) is 22.9 Å². The van der Waals surface area contributed by atoms with Crippen LogP contribution in [0.3, 0.4) is 0 Å². The predicted molar refractivity (Wildman–Crippen MR) is 69.8 cm³/mol. The second kappa shape index (κ2) is 6.80. The van der Waals surface area contributed by atoms with Gasteiger partial charge in [-0.15, -0.1) is 12.3 Å². The van der Waals surface area contributed by atoms with Crippen molar-refractivity contribution >= 4 is 5.91 Å². The molecule has 0 aliphatic carbocycles. The minimum atomic E-state index is -0.00981. The van der Waals surface area contributed by atoms with Gasteiger partial charge in [-0.25, -0.2) is 0 Å². The first kappa shape index (κ1) is 13.4.